The minimum absolute atomic E-state index is 0.846. The summed E-state index contributed by atoms with van der Waals surface area (Å²) in [6, 6.07) is 88.0. The average molecular weight is 901 g/mol. The van der Waals surface area contributed by atoms with Gasteiger partial charge in [-0.05, 0) is 192 Å². The molecule has 2 aliphatic rings. The van der Waals surface area contributed by atoms with Crippen LogP contribution in [0.1, 0.15) is 30.4 Å². The van der Waals surface area contributed by atoms with E-state index in [1.54, 1.807) is 0 Å². The van der Waals surface area contributed by atoms with Crippen molar-refractivity contribution in [3.63, 3.8) is 0 Å². The number of hydrogen-bond acceptors (Lipinski definition) is 4. The van der Waals surface area contributed by atoms with Gasteiger partial charge in [0.25, 0.3) is 0 Å². The zero-order valence-corrected chi connectivity index (χ0v) is 39.0. The van der Waals surface area contributed by atoms with Gasteiger partial charge in [0.2, 0.25) is 0 Å². The number of aryl methyl sites for hydroxylation is 1. The number of benzene rings is 10. The molecule has 0 heterocycles. The second-order valence-electron chi connectivity index (χ2n) is 18.1. The lowest BCUT2D eigenvalue weighted by atomic mass is 9.96. The fourth-order valence-corrected chi connectivity index (χ4v) is 10.3. The Bertz CT molecular complexity index is 3540. The van der Waals surface area contributed by atoms with Crippen LogP contribution in [0.15, 0.2) is 272 Å². The highest BCUT2D eigenvalue weighted by Gasteiger charge is 2.24. The highest BCUT2D eigenvalue weighted by Crippen LogP contribution is 2.43. The largest absolute Gasteiger partial charge is 0.314 e. The molecule has 336 valence electrons. The van der Waals surface area contributed by atoms with Gasteiger partial charge in [-0.1, -0.05) is 133 Å². The maximum atomic E-state index is 2.45. The molecule has 10 aromatic rings. The Labute approximate surface area is 411 Å². The van der Waals surface area contributed by atoms with Crippen molar-refractivity contribution in [2.75, 3.05) is 19.6 Å². The summed E-state index contributed by atoms with van der Waals surface area (Å²) in [7, 11) is 0. The highest BCUT2D eigenvalue weighted by molar-refractivity contribution is 5.90. The van der Waals surface area contributed by atoms with E-state index in [4.69, 9.17) is 0 Å². The minimum atomic E-state index is 0.846. The third-order valence-electron chi connectivity index (χ3n) is 13.7. The van der Waals surface area contributed by atoms with Crippen molar-refractivity contribution in [2.45, 2.75) is 25.7 Å². The van der Waals surface area contributed by atoms with Gasteiger partial charge >= 0.3 is 0 Å². The molecule has 0 radical (unpaired) electrons. The van der Waals surface area contributed by atoms with E-state index < -0.39 is 0 Å². The van der Waals surface area contributed by atoms with E-state index in [0.29, 0.717) is 0 Å². The zero-order chi connectivity index (χ0) is 46.6. The maximum absolute atomic E-state index is 2.45. The average Bonchev–Trinajstić information content (AvgIpc) is 3.43. The second kappa shape index (κ2) is 19.0. The van der Waals surface area contributed by atoms with Crippen molar-refractivity contribution in [3.05, 3.63) is 283 Å². The van der Waals surface area contributed by atoms with Gasteiger partial charge < -0.3 is 19.6 Å². The van der Waals surface area contributed by atoms with Crippen molar-refractivity contribution < 1.29 is 0 Å². The Morgan fingerprint density at radius 2 is 0.600 bits per heavy atom. The topological polar surface area (TPSA) is 13.0 Å². The van der Waals surface area contributed by atoms with Gasteiger partial charge in [0.15, 0.2) is 0 Å². The molecule has 0 aromatic heterocycles. The maximum Gasteiger partial charge on any atom is 0.0468 e. The van der Waals surface area contributed by atoms with Crippen LogP contribution in [0, 0.1) is 0 Å². The van der Waals surface area contributed by atoms with Gasteiger partial charge in [-0.15, -0.1) is 0 Å². The molecule has 12 rings (SSSR count). The van der Waals surface area contributed by atoms with E-state index in [9.17, 15) is 0 Å². The zero-order valence-electron chi connectivity index (χ0n) is 39.0. The van der Waals surface area contributed by atoms with E-state index in [0.717, 1.165) is 82.6 Å². The summed E-state index contributed by atoms with van der Waals surface area (Å²) in [4.78, 5) is 9.59. The molecule has 0 N–H and O–H groups in total. The first-order chi connectivity index (χ1) is 34.7. The highest BCUT2D eigenvalue weighted by atomic mass is 15.2. The van der Waals surface area contributed by atoms with Crippen LogP contribution < -0.4 is 19.6 Å². The quantitative estimate of drug-likeness (QED) is 0.121. The van der Waals surface area contributed by atoms with Gasteiger partial charge in [-0.25, -0.2) is 0 Å². The molecule has 0 spiro atoms. The normalized spacial score (nSPS) is 13.0. The SMILES string of the molecule is C1=Cc2cc(N(c3ccccc3)c3ccc(N(C4=CC=C(N(c5ccccc5)c5ccc6ccccc6c5)CC4)c4ccc(N(c5ccccc5)c5ccc6ccccc6c5)cc4)cc3)ccc2CC1. The number of para-hydroxylation sites is 3. The van der Waals surface area contributed by atoms with Crippen LogP contribution in [-0.4, -0.2) is 0 Å². The number of rotatable bonds is 12. The van der Waals surface area contributed by atoms with Crippen LogP contribution in [0.5, 0.6) is 0 Å². The molecule has 0 unspecified atom stereocenters. The predicted molar refractivity (Wildman–Crippen MR) is 297 cm³/mol. The van der Waals surface area contributed by atoms with Crippen molar-refractivity contribution in [2.24, 2.45) is 0 Å². The summed E-state index contributed by atoms with van der Waals surface area (Å²) in [5, 5.41) is 4.91. The lowest BCUT2D eigenvalue weighted by molar-refractivity contribution is 0.851. The Morgan fingerprint density at radius 3 is 1.07 bits per heavy atom. The van der Waals surface area contributed by atoms with Gasteiger partial charge in [-0.2, -0.15) is 0 Å². The molecule has 2 aliphatic carbocycles. The molecule has 10 aromatic carbocycles. The van der Waals surface area contributed by atoms with Crippen LogP contribution in [-0.2, 0) is 6.42 Å². The molecule has 0 bridgehead atoms. The van der Waals surface area contributed by atoms with E-state index in [-0.39, 0.29) is 0 Å². The summed E-state index contributed by atoms with van der Waals surface area (Å²) >= 11 is 0. The Morgan fingerprint density at radius 1 is 0.257 bits per heavy atom. The molecule has 0 fully saturated rings. The fourth-order valence-electron chi connectivity index (χ4n) is 10.3. The monoisotopic (exact) mass is 900 g/mol. The number of anilines is 10. The summed E-state index contributed by atoms with van der Waals surface area (Å²) < 4.78 is 0. The molecule has 4 heteroatoms. The smallest absolute Gasteiger partial charge is 0.0468 e. The van der Waals surface area contributed by atoms with Gasteiger partial charge in [0, 0.05) is 68.3 Å². The first-order valence-electron chi connectivity index (χ1n) is 24.4. The number of hydrogen-bond donors (Lipinski definition) is 0. The summed E-state index contributed by atoms with van der Waals surface area (Å²) in [5.41, 5.74) is 16.4. The molecule has 0 saturated heterocycles. The molecular formula is C66H52N4. The van der Waals surface area contributed by atoms with Gasteiger partial charge in [0.1, 0.15) is 0 Å². The van der Waals surface area contributed by atoms with Crippen LogP contribution in [0.3, 0.4) is 0 Å². The number of fused-ring (bicyclic) bond motifs is 3. The fraction of sp³-hybridized carbons (Fsp3) is 0.0606. The molecular weight excluding hydrogens is 849 g/mol. The molecule has 70 heavy (non-hydrogen) atoms. The summed E-state index contributed by atoms with van der Waals surface area (Å²) in [6.07, 6.45) is 13.1. The standard InChI is InChI=1S/C66H52N4/c1-4-22-55(23-5-1)68(64-31-28-49-16-10-13-19-52(49)46-64)61-40-34-58(35-41-61)67(59-36-42-62(43-37-59)69(56-24-6-2-7-25-56)65-32-29-50-17-11-14-20-53(50)47-65)60-38-44-63(45-39-60)70(57-26-8-3-9-27-57)66-33-30-51-18-12-15-21-54(51)48-66/h1-11,13-17,19-36,38-42,44-48H,12,18,37,43H2. The molecule has 4 nitrogen and oxygen atoms in total. The molecule has 0 saturated carbocycles. The Hall–Kier alpha value is -8.86. The third kappa shape index (κ3) is 8.52. The van der Waals surface area contributed by atoms with Crippen LogP contribution >= 0.6 is 0 Å². The Kier molecular flexibility index (Phi) is 11.6. The van der Waals surface area contributed by atoms with Crippen LogP contribution in [0.25, 0.3) is 27.6 Å². The van der Waals surface area contributed by atoms with E-state index in [1.807, 2.05) is 0 Å². The number of nitrogens with zero attached hydrogens (tertiary/aromatic N) is 4. The Balaban J connectivity index is 0.953. The van der Waals surface area contributed by atoms with E-state index in [1.165, 1.54) is 44.1 Å². The van der Waals surface area contributed by atoms with E-state index in [2.05, 4.69) is 287 Å². The second-order valence-corrected chi connectivity index (χ2v) is 18.1. The lowest BCUT2D eigenvalue weighted by Gasteiger charge is -2.34. The van der Waals surface area contributed by atoms with Gasteiger partial charge in [0.05, 0.1) is 0 Å². The number of allylic oxidation sites excluding steroid dienone is 5. The van der Waals surface area contributed by atoms with Crippen LogP contribution in [0.2, 0.25) is 0 Å². The van der Waals surface area contributed by atoms with Crippen molar-refractivity contribution in [3.8, 4) is 0 Å². The summed E-state index contributed by atoms with van der Waals surface area (Å²) in [6.45, 7) is 0. The van der Waals surface area contributed by atoms with Crippen LogP contribution in [0.4, 0.5) is 56.9 Å². The first kappa shape index (κ1) is 42.5. The van der Waals surface area contributed by atoms with Crippen molar-refractivity contribution in [1.29, 1.82) is 0 Å². The first-order valence-corrected chi connectivity index (χ1v) is 24.4. The minimum Gasteiger partial charge on any atom is -0.314 e. The molecule has 0 aliphatic heterocycles. The lowest BCUT2D eigenvalue weighted by Crippen LogP contribution is -2.22. The summed E-state index contributed by atoms with van der Waals surface area (Å²) in [5.74, 6) is 0. The van der Waals surface area contributed by atoms with Gasteiger partial charge in [-0.3, -0.25) is 0 Å². The molecule has 0 atom stereocenters. The predicted octanol–water partition coefficient (Wildman–Crippen LogP) is 18.4. The third-order valence-corrected chi connectivity index (χ3v) is 13.7. The van der Waals surface area contributed by atoms with Crippen molar-refractivity contribution in [1.82, 2.24) is 0 Å². The van der Waals surface area contributed by atoms with E-state index >= 15 is 0 Å². The molecule has 0 amide bonds. The van der Waals surface area contributed by atoms with Crippen molar-refractivity contribution >= 4 is 84.5 Å².